The van der Waals surface area contributed by atoms with Gasteiger partial charge in [-0.3, -0.25) is 15.0 Å². The zero-order valence-corrected chi connectivity index (χ0v) is 25.0. The monoisotopic (exact) mass is 600 g/mol. The van der Waals surface area contributed by atoms with E-state index in [2.05, 4.69) is 31.1 Å². The maximum atomic E-state index is 13.6. The van der Waals surface area contributed by atoms with Gasteiger partial charge in [0.05, 0.1) is 31.4 Å². The lowest BCUT2D eigenvalue weighted by Crippen LogP contribution is -2.30. The van der Waals surface area contributed by atoms with Gasteiger partial charge in [-0.15, -0.1) is 28.3 Å². The summed E-state index contributed by atoms with van der Waals surface area (Å²) in [5.41, 5.74) is 3.83. The van der Waals surface area contributed by atoms with Crippen molar-refractivity contribution in [1.29, 1.82) is 5.41 Å². The number of fused-ring (bicyclic) bond motifs is 1. The van der Waals surface area contributed by atoms with Crippen molar-refractivity contribution in [2.24, 2.45) is 0 Å². The topological polar surface area (TPSA) is 105 Å². The van der Waals surface area contributed by atoms with Crippen LogP contribution in [0.5, 0.6) is 11.5 Å². The van der Waals surface area contributed by atoms with Gasteiger partial charge in [-0.05, 0) is 42.2 Å². The second-order valence-corrected chi connectivity index (χ2v) is 10.7. The summed E-state index contributed by atoms with van der Waals surface area (Å²) in [4.78, 5) is 32.2. The molecule has 0 unspecified atom stereocenters. The van der Waals surface area contributed by atoms with Crippen molar-refractivity contribution in [2.75, 3.05) is 27.3 Å². The van der Waals surface area contributed by atoms with Gasteiger partial charge in [0.2, 0.25) is 0 Å². The maximum absolute atomic E-state index is 13.6. The van der Waals surface area contributed by atoms with E-state index in [1.807, 2.05) is 24.4 Å². The van der Waals surface area contributed by atoms with Gasteiger partial charge in [-0.1, -0.05) is 20.8 Å². The predicted molar refractivity (Wildman–Crippen MR) is 156 cm³/mol. The normalized spacial score (nSPS) is 12.6. The molecule has 202 valence electrons. The van der Waals surface area contributed by atoms with Crippen LogP contribution in [0.3, 0.4) is 0 Å². The number of hydrogen-bond donors (Lipinski definition) is 2. The smallest absolute Gasteiger partial charge is 0.254 e. The average molecular weight is 602 g/mol. The lowest BCUT2D eigenvalue weighted by molar-refractivity contribution is 0.0953. The summed E-state index contributed by atoms with van der Waals surface area (Å²) in [5.74, 6) is 1.00. The lowest BCUT2D eigenvalue weighted by atomic mass is 9.83. The Balaban J connectivity index is 0.00000400. The summed E-state index contributed by atoms with van der Waals surface area (Å²) in [6.07, 6.45) is 1.73. The van der Waals surface area contributed by atoms with Crippen LogP contribution < -0.4 is 14.8 Å². The van der Waals surface area contributed by atoms with E-state index in [1.165, 1.54) is 11.3 Å². The number of halogens is 1. The highest BCUT2D eigenvalue weighted by molar-refractivity contribution is 8.93. The van der Waals surface area contributed by atoms with E-state index in [-0.39, 0.29) is 46.5 Å². The van der Waals surface area contributed by atoms with Crippen molar-refractivity contribution >= 4 is 45.8 Å². The highest BCUT2D eigenvalue weighted by Gasteiger charge is 2.31. The minimum Gasteiger partial charge on any atom is -0.496 e. The zero-order chi connectivity index (χ0) is 26.9. The van der Waals surface area contributed by atoms with Crippen LogP contribution in [0, 0.1) is 5.41 Å². The van der Waals surface area contributed by atoms with E-state index >= 15 is 0 Å². The number of thiazole rings is 1. The van der Waals surface area contributed by atoms with Crippen molar-refractivity contribution < 1.29 is 19.1 Å². The Hall–Kier alpha value is -3.24. The summed E-state index contributed by atoms with van der Waals surface area (Å²) in [6, 6.07) is 7.20. The number of methoxy groups -OCH3 is 1. The number of carbonyl (C=O) groups is 2. The Morgan fingerprint density at radius 1 is 1.18 bits per heavy atom. The first-order valence-electron chi connectivity index (χ1n) is 12.1. The number of ether oxygens (including phenoxy) is 2. The van der Waals surface area contributed by atoms with E-state index in [1.54, 1.807) is 37.4 Å². The highest BCUT2D eigenvalue weighted by atomic mass is 79.9. The van der Waals surface area contributed by atoms with Gasteiger partial charge in [0.25, 0.3) is 5.91 Å². The molecule has 1 aliphatic rings. The lowest BCUT2D eigenvalue weighted by Gasteiger charge is -2.25. The van der Waals surface area contributed by atoms with Crippen molar-refractivity contribution in [3.8, 4) is 22.1 Å². The van der Waals surface area contributed by atoms with E-state index < -0.39 is 0 Å². The Labute approximate surface area is 237 Å². The van der Waals surface area contributed by atoms with Gasteiger partial charge < -0.3 is 19.7 Å². The van der Waals surface area contributed by atoms with Crippen LogP contribution in [-0.4, -0.2) is 54.7 Å². The number of aromatic nitrogens is 1. The number of nitrogens with zero attached hydrogens (tertiary/aromatic N) is 2. The molecule has 38 heavy (non-hydrogen) atoms. The summed E-state index contributed by atoms with van der Waals surface area (Å²) in [7, 11) is 3.19. The molecule has 0 spiro atoms. The fourth-order valence-electron chi connectivity index (χ4n) is 4.50. The van der Waals surface area contributed by atoms with Gasteiger partial charge in [0, 0.05) is 41.9 Å². The first-order chi connectivity index (χ1) is 17.6. The molecule has 1 amide bonds. The molecule has 1 aromatic heterocycles. The summed E-state index contributed by atoms with van der Waals surface area (Å²) in [6.45, 7) is 8.92. The summed E-state index contributed by atoms with van der Waals surface area (Å²) in [5, 5.41) is 14.0. The minimum absolute atomic E-state index is 0. The van der Waals surface area contributed by atoms with E-state index in [0.717, 1.165) is 21.7 Å². The number of carbonyl (C=O) groups excluding carboxylic acids is 2. The van der Waals surface area contributed by atoms with Crippen LogP contribution in [0.2, 0.25) is 0 Å². The second kappa shape index (κ2) is 11.7. The number of ketones is 1. The number of nitrogens with one attached hydrogen (secondary N) is 2. The number of amides is 1. The molecule has 2 heterocycles. The number of amidine groups is 1. The molecule has 0 fully saturated rings. The quantitative estimate of drug-likeness (QED) is 0.332. The standard InChI is InChI=1S/C28H32N4O4S.BrH/c1-7-36-23-12-17-14-32(25(29)18(17)13-19(23)26(34)30-5)15-22(33)16-10-20(27-31-8-9-37-27)24(35-6)21(11-16)28(2,3)4;/h8-13,29H,7,14-15H2,1-6H3,(H,30,34);1H. The third-order valence-electron chi connectivity index (χ3n) is 6.33. The third kappa shape index (κ3) is 5.61. The molecule has 0 bridgehead atoms. The molecule has 0 saturated heterocycles. The number of Topliss-reactive ketones (excluding diaryl/α,β-unsaturated/α-hetero) is 1. The van der Waals surface area contributed by atoms with Crippen molar-refractivity contribution in [3.63, 3.8) is 0 Å². The molecule has 0 atom stereocenters. The molecule has 4 rings (SSSR count). The van der Waals surface area contributed by atoms with Gasteiger partial charge >= 0.3 is 0 Å². The van der Waals surface area contributed by atoms with E-state index in [0.29, 0.717) is 41.3 Å². The maximum Gasteiger partial charge on any atom is 0.254 e. The number of benzene rings is 2. The van der Waals surface area contributed by atoms with Gasteiger partial charge in [-0.2, -0.15) is 0 Å². The molecule has 2 N–H and O–H groups in total. The molecule has 1 aliphatic heterocycles. The largest absolute Gasteiger partial charge is 0.496 e. The summed E-state index contributed by atoms with van der Waals surface area (Å²) < 4.78 is 11.5. The Morgan fingerprint density at radius 2 is 1.92 bits per heavy atom. The second-order valence-electron chi connectivity index (χ2n) is 9.84. The Kier molecular flexibility index (Phi) is 8.99. The summed E-state index contributed by atoms with van der Waals surface area (Å²) >= 11 is 1.49. The van der Waals surface area contributed by atoms with Crippen LogP contribution >= 0.6 is 28.3 Å². The van der Waals surface area contributed by atoms with Crippen LogP contribution in [0.4, 0.5) is 0 Å². The zero-order valence-electron chi connectivity index (χ0n) is 22.4. The van der Waals surface area contributed by atoms with Crippen LogP contribution in [0.15, 0.2) is 35.8 Å². The minimum atomic E-state index is -0.281. The molecule has 0 radical (unpaired) electrons. The van der Waals surface area contributed by atoms with Crippen molar-refractivity contribution in [1.82, 2.24) is 15.2 Å². The van der Waals surface area contributed by atoms with Gasteiger partial charge in [0.15, 0.2) is 5.78 Å². The van der Waals surface area contributed by atoms with E-state index in [9.17, 15) is 9.59 Å². The molecule has 10 heteroatoms. The van der Waals surface area contributed by atoms with Crippen LogP contribution in [0.1, 0.15) is 65.1 Å². The molecule has 0 saturated carbocycles. The molecule has 2 aromatic carbocycles. The number of rotatable bonds is 8. The number of hydrogen-bond acceptors (Lipinski definition) is 7. The molecule has 3 aromatic rings. The van der Waals surface area contributed by atoms with Gasteiger partial charge in [0.1, 0.15) is 22.3 Å². The Bertz CT molecular complexity index is 1370. The van der Waals surface area contributed by atoms with Crippen molar-refractivity contribution in [2.45, 2.75) is 39.7 Å². The third-order valence-corrected chi connectivity index (χ3v) is 7.14. The van der Waals surface area contributed by atoms with Crippen molar-refractivity contribution in [3.05, 3.63) is 63.7 Å². The average Bonchev–Trinajstić information content (AvgIpc) is 3.50. The van der Waals surface area contributed by atoms with E-state index in [4.69, 9.17) is 14.9 Å². The molecular formula is C28H33BrN4O4S. The molecule has 8 nitrogen and oxygen atoms in total. The van der Waals surface area contributed by atoms with Gasteiger partial charge in [-0.25, -0.2) is 4.98 Å². The predicted octanol–water partition coefficient (Wildman–Crippen LogP) is 5.48. The first-order valence-corrected chi connectivity index (χ1v) is 13.0. The first kappa shape index (κ1) is 29.3. The van der Waals surface area contributed by atoms with Crippen LogP contribution in [-0.2, 0) is 12.0 Å². The Morgan fingerprint density at radius 3 is 2.50 bits per heavy atom. The fraction of sp³-hybridized carbons (Fsp3) is 0.357. The molecular weight excluding hydrogens is 568 g/mol. The highest BCUT2D eigenvalue weighted by Crippen LogP contribution is 2.41. The van der Waals surface area contributed by atoms with Crippen LogP contribution in [0.25, 0.3) is 10.6 Å². The fourth-order valence-corrected chi connectivity index (χ4v) is 5.15. The molecule has 0 aliphatic carbocycles. The SMILES string of the molecule is Br.CCOc1cc2c(cc1C(=O)NC)C(=N)N(CC(=O)c1cc(-c3nccs3)c(OC)c(C(C)(C)C)c1)C2.